The molecule has 0 bridgehead atoms. The Hall–Kier alpha value is -2.49. The molecule has 4 nitrogen and oxygen atoms in total. The van der Waals surface area contributed by atoms with E-state index in [0.717, 1.165) is 22.4 Å². The van der Waals surface area contributed by atoms with Crippen LogP contribution < -0.4 is 10.1 Å². The predicted octanol–water partition coefficient (Wildman–Crippen LogP) is 4.65. The summed E-state index contributed by atoms with van der Waals surface area (Å²) < 4.78 is 7.81. The lowest BCUT2D eigenvalue weighted by atomic mass is 10.0. The maximum absolute atomic E-state index is 12.4. The molecule has 1 heterocycles. The van der Waals surface area contributed by atoms with Crippen LogP contribution in [0.4, 0.5) is 0 Å². The van der Waals surface area contributed by atoms with E-state index < -0.39 is 0 Å². The molecule has 1 aromatic carbocycles. The average Bonchev–Trinajstić information content (AvgIpc) is 3.39. The van der Waals surface area contributed by atoms with Crippen molar-refractivity contribution in [2.75, 3.05) is 7.11 Å². The van der Waals surface area contributed by atoms with Crippen LogP contribution in [-0.4, -0.2) is 17.6 Å². The van der Waals surface area contributed by atoms with Gasteiger partial charge in [0.2, 0.25) is 5.91 Å². The Morgan fingerprint density at radius 2 is 2.00 bits per heavy atom. The molecule has 4 heteroatoms. The maximum Gasteiger partial charge on any atom is 0.244 e. The molecule has 26 heavy (non-hydrogen) atoms. The van der Waals surface area contributed by atoms with Crippen molar-refractivity contribution < 1.29 is 9.53 Å². The van der Waals surface area contributed by atoms with Crippen LogP contribution in [0.3, 0.4) is 0 Å². The maximum atomic E-state index is 12.4. The molecular weight excluding hydrogens is 324 g/mol. The van der Waals surface area contributed by atoms with Gasteiger partial charge in [-0.15, -0.1) is 0 Å². The molecule has 1 fully saturated rings. The standard InChI is InChI=1S/C22H28N2O2/c1-14-6-10-21(26-5)20(12-14)16(3)23-22(25)11-7-18-13-15(2)24(17(18)4)19-8-9-19/h6-7,10-13,16,19H,8-9H2,1-5H3,(H,23,25)/b11-7+/t16-/m1/s1. The normalized spacial score (nSPS) is 15.3. The Kier molecular flexibility index (Phi) is 5.21. The van der Waals surface area contributed by atoms with Crippen molar-refractivity contribution in [3.8, 4) is 5.75 Å². The third-order valence-electron chi connectivity index (χ3n) is 5.06. The topological polar surface area (TPSA) is 43.3 Å². The lowest BCUT2D eigenvalue weighted by Crippen LogP contribution is -2.25. The molecule has 3 rings (SSSR count). The molecule has 0 spiro atoms. The molecule has 1 aliphatic rings. The molecule has 1 saturated carbocycles. The average molecular weight is 352 g/mol. The molecule has 138 valence electrons. The molecule has 0 unspecified atom stereocenters. The van der Waals surface area contributed by atoms with Gasteiger partial charge in [0.05, 0.1) is 13.2 Å². The number of nitrogens with one attached hydrogen (secondary N) is 1. The summed E-state index contributed by atoms with van der Waals surface area (Å²) in [5, 5.41) is 3.03. The number of hydrogen-bond donors (Lipinski definition) is 1. The van der Waals surface area contributed by atoms with Gasteiger partial charge in [-0.25, -0.2) is 0 Å². The number of rotatable bonds is 6. The van der Waals surface area contributed by atoms with Crippen molar-refractivity contribution in [2.45, 2.75) is 52.6 Å². The van der Waals surface area contributed by atoms with Crippen LogP contribution in [0.15, 0.2) is 30.3 Å². The highest BCUT2D eigenvalue weighted by Crippen LogP contribution is 2.38. The lowest BCUT2D eigenvalue weighted by Gasteiger charge is -2.17. The van der Waals surface area contributed by atoms with E-state index in [1.165, 1.54) is 24.2 Å². The summed E-state index contributed by atoms with van der Waals surface area (Å²) >= 11 is 0. The van der Waals surface area contributed by atoms with Crippen molar-refractivity contribution in [3.05, 3.63) is 58.4 Å². The summed E-state index contributed by atoms with van der Waals surface area (Å²) in [6.45, 7) is 8.27. The monoisotopic (exact) mass is 352 g/mol. The largest absolute Gasteiger partial charge is 0.496 e. The van der Waals surface area contributed by atoms with E-state index in [1.807, 2.05) is 32.1 Å². The Labute approximate surface area is 155 Å². The number of hydrogen-bond acceptors (Lipinski definition) is 2. The van der Waals surface area contributed by atoms with Crippen LogP contribution in [-0.2, 0) is 4.79 Å². The molecule has 0 aliphatic heterocycles. The Balaban J connectivity index is 1.70. The fourth-order valence-corrected chi connectivity index (χ4v) is 3.56. The number of carbonyl (C=O) groups is 1. The lowest BCUT2D eigenvalue weighted by molar-refractivity contribution is -0.117. The number of methoxy groups -OCH3 is 1. The second-order valence-corrected chi connectivity index (χ2v) is 7.24. The molecule has 0 saturated heterocycles. The predicted molar refractivity (Wildman–Crippen MR) is 105 cm³/mol. The van der Waals surface area contributed by atoms with E-state index in [2.05, 4.69) is 35.9 Å². The zero-order valence-electron chi connectivity index (χ0n) is 16.3. The smallest absolute Gasteiger partial charge is 0.244 e. The number of nitrogens with zero attached hydrogens (tertiary/aromatic N) is 1. The molecule has 0 radical (unpaired) electrons. The summed E-state index contributed by atoms with van der Waals surface area (Å²) in [6.07, 6.45) is 6.06. The van der Waals surface area contributed by atoms with Crippen molar-refractivity contribution >= 4 is 12.0 Å². The van der Waals surface area contributed by atoms with Gasteiger partial charge in [0.15, 0.2) is 0 Å². The fraction of sp³-hybridized carbons (Fsp3) is 0.409. The summed E-state index contributed by atoms with van der Waals surface area (Å²) in [7, 11) is 1.65. The van der Waals surface area contributed by atoms with Gasteiger partial charge in [-0.3, -0.25) is 4.79 Å². The van der Waals surface area contributed by atoms with E-state index in [0.29, 0.717) is 6.04 Å². The summed E-state index contributed by atoms with van der Waals surface area (Å²) in [5.41, 5.74) is 5.75. The molecular formula is C22H28N2O2. The molecule has 2 aromatic rings. The van der Waals surface area contributed by atoms with Crippen molar-refractivity contribution in [3.63, 3.8) is 0 Å². The summed E-state index contributed by atoms with van der Waals surface area (Å²) in [4.78, 5) is 12.4. The molecule has 1 aromatic heterocycles. The fourth-order valence-electron chi connectivity index (χ4n) is 3.56. The SMILES string of the molecule is COc1ccc(C)cc1[C@@H](C)NC(=O)/C=C/c1cc(C)n(C2CC2)c1C. The first-order valence-electron chi connectivity index (χ1n) is 9.22. The van der Waals surface area contributed by atoms with Crippen molar-refractivity contribution in [1.29, 1.82) is 0 Å². The number of aromatic nitrogens is 1. The summed E-state index contributed by atoms with van der Waals surface area (Å²) in [5.74, 6) is 0.692. The van der Waals surface area contributed by atoms with Crippen molar-refractivity contribution in [2.24, 2.45) is 0 Å². The van der Waals surface area contributed by atoms with Gasteiger partial charge in [-0.05, 0) is 64.3 Å². The second kappa shape index (κ2) is 7.40. The second-order valence-electron chi connectivity index (χ2n) is 7.24. The van der Waals surface area contributed by atoms with E-state index in [-0.39, 0.29) is 11.9 Å². The van der Waals surface area contributed by atoms with Gasteiger partial charge >= 0.3 is 0 Å². The summed E-state index contributed by atoms with van der Waals surface area (Å²) in [6, 6.07) is 8.68. The van der Waals surface area contributed by atoms with Crippen LogP contribution >= 0.6 is 0 Å². The minimum absolute atomic E-state index is 0.0997. The van der Waals surface area contributed by atoms with Gasteiger partial charge in [0.25, 0.3) is 0 Å². The van der Waals surface area contributed by atoms with Crippen LogP contribution in [0.2, 0.25) is 0 Å². The van der Waals surface area contributed by atoms with Crippen molar-refractivity contribution in [1.82, 2.24) is 9.88 Å². The molecule has 1 aliphatic carbocycles. The van der Waals surface area contributed by atoms with Gasteiger partial charge in [-0.1, -0.05) is 17.7 Å². The third-order valence-corrected chi connectivity index (χ3v) is 5.06. The van der Waals surface area contributed by atoms with Crippen LogP contribution in [0, 0.1) is 20.8 Å². The van der Waals surface area contributed by atoms with Gasteiger partial charge in [0, 0.05) is 29.1 Å². The molecule has 1 amide bonds. The Morgan fingerprint density at radius 1 is 1.27 bits per heavy atom. The Morgan fingerprint density at radius 3 is 2.65 bits per heavy atom. The van der Waals surface area contributed by atoms with E-state index in [4.69, 9.17) is 4.74 Å². The number of aryl methyl sites for hydroxylation is 2. The molecule has 1 N–H and O–H groups in total. The van der Waals surface area contributed by atoms with E-state index >= 15 is 0 Å². The zero-order chi connectivity index (χ0) is 18.8. The first kappa shape index (κ1) is 18.3. The number of benzene rings is 1. The third kappa shape index (κ3) is 3.85. The van der Waals surface area contributed by atoms with Gasteiger partial charge < -0.3 is 14.6 Å². The number of amides is 1. The van der Waals surface area contributed by atoms with Crippen LogP contribution in [0.1, 0.15) is 59.9 Å². The zero-order valence-corrected chi connectivity index (χ0v) is 16.3. The van der Waals surface area contributed by atoms with Gasteiger partial charge in [-0.2, -0.15) is 0 Å². The Bertz CT molecular complexity index is 844. The quantitative estimate of drug-likeness (QED) is 0.769. The minimum atomic E-state index is -0.124. The number of ether oxygens (including phenoxy) is 1. The minimum Gasteiger partial charge on any atom is -0.496 e. The number of carbonyl (C=O) groups excluding carboxylic acids is 1. The van der Waals surface area contributed by atoms with Crippen LogP contribution in [0.5, 0.6) is 5.75 Å². The first-order valence-corrected chi connectivity index (χ1v) is 9.22. The van der Waals surface area contributed by atoms with Crippen LogP contribution in [0.25, 0.3) is 6.08 Å². The molecule has 1 atom stereocenters. The highest BCUT2D eigenvalue weighted by atomic mass is 16.5. The van der Waals surface area contributed by atoms with E-state index in [9.17, 15) is 4.79 Å². The highest BCUT2D eigenvalue weighted by Gasteiger charge is 2.26. The van der Waals surface area contributed by atoms with Gasteiger partial charge in [0.1, 0.15) is 5.75 Å². The highest BCUT2D eigenvalue weighted by molar-refractivity contribution is 5.92. The first-order chi connectivity index (χ1) is 12.4. The van der Waals surface area contributed by atoms with E-state index in [1.54, 1.807) is 13.2 Å².